The Bertz CT molecular complexity index is 544. The molecule has 0 aliphatic heterocycles. The van der Waals surface area contributed by atoms with Crippen LogP contribution in [0.15, 0.2) is 22.8 Å². The van der Waals surface area contributed by atoms with Crippen molar-refractivity contribution in [3.63, 3.8) is 0 Å². The maximum Gasteiger partial charge on any atom is 0.110 e. The number of pyridine rings is 1. The van der Waals surface area contributed by atoms with Crippen LogP contribution in [0.25, 0.3) is 10.9 Å². The van der Waals surface area contributed by atoms with E-state index in [9.17, 15) is 0 Å². The molecule has 0 amide bonds. The highest BCUT2D eigenvalue weighted by molar-refractivity contribution is 9.10. The van der Waals surface area contributed by atoms with Crippen LogP contribution in [0.2, 0.25) is 0 Å². The van der Waals surface area contributed by atoms with Crippen molar-refractivity contribution >= 4 is 26.8 Å². The van der Waals surface area contributed by atoms with Crippen LogP contribution in [0.1, 0.15) is 36.5 Å². The van der Waals surface area contributed by atoms with Crippen molar-refractivity contribution in [1.82, 2.24) is 4.98 Å². The lowest BCUT2D eigenvalue weighted by Crippen LogP contribution is -1.95. The Kier molecular flexibility index (Phi) is 3.02. The number of nitrogens with zero attached hydrogens (tertiary/aromatic N) is 1. The van der Waals surface area contributed by atoms with E-state index in [1.54, 1.807) is 0 Å². The second-order valence-electron chi connectivity index (χ2n) is 4.60. The molecule has 84 valence electrons. The number of rotatable bonds is 1. The summed E-state index contributed by atoms with van der Waals surface area (Å²) in [6, 6.07) is 6.56. The summed E-state index contributed by atoms with van der Waals surface area (Å²) in [7, 11) is 0. The molecule has 0 unspecified atom stereocenters. The summed E-state index contributed by atoms with van der Waals surface area (Å²) in [5, 5.41) is 1.23. The van der Waals surface area contributed by atoms with Crippen molar-refractivity contribution in [2.45, 2.75) is 33.6 Å². The summed E-state index contributed by atoms with van der Waals surface area (Å²) in [6.07, 6.45) is 0. The molecule has 2 heteroatoms. The molecule has 0 N–H and O–H groups in total. The van der Waals surface area contributed by atoms with E-state index in [1.165, 1.54) is 22.1 Å². The molecule has 2 aromatic rings. The normalized spacial score (nSPS) is 11.4. The Balaban J connectivity index is 2.79. The number of aromatic nitrogens is 1. The standard InChI is InChI=1S/C14H16BrN/c1-8(2)12-7-11-6-5-9(3)10(4)13(11)16-14(12)15/h5-8H,1-4H3. The average molecular weight is 278 g/mol. The van der Waals surface area contributed by atoms with E-state index in [-0.39, 0.29) is 0 Å². The Morgan fingerprint density at radius 1 is 1.19 bits per heavy atom. The smallest absolute Gasteiger partial charge is 0.110 e. The quantitative estimate of drug-likeness (QED) is 0.687. The number of benzene rings is 1. The van der Waals surface area contributed by atoms with Gasteiger partial charge in [0.05, 0.1) is 5.52 Å². The zero-order chi connectivity index (χ0) is 11.9. The van der Waals surface area contributed by atoms with E-state index in [0.717, 1.165) is 10.1 Å². The minimum absolute atomic E-state index is 0.493. The molecule has 0 radical (unpaired) electrons. The molecule has 0 bridgehead atoms. The van der Waals surface area contributed by atoms with Crippen LogP contribution in [0.5, 0.6) is 0 Å². The molecular weight excluding hydrogens is 262 g/mol. The van der Waals surface area contributed by atoms with Crippen LogP contribution in [0.4, 0.5) is 0 Å². The summed E-state index contributed by atoms with van der Waals surface area (Å²) in [4.78, 5) is 4.67. The molecule has 0 atom stereocenters. The molecule has 1 heterocycles. The molecule has 1 aromatic heterocycles. The first-order valence-electron chi connectivity index (χ1n) is 5.57. The van der Waals surface area contributed by atoms with Crippen LogP contribution in [0.3, 0.4) is 0 Å². The van der Waals surface area contributed by atoms with E-state index < -0.39 is 0 Å². The average Bonchev–Trinajstić information content (AvgIpc) is 2.23. The van der Waals surface area contributed by atoms with Crippen LogP contribution >= 0.6 is 15.9 Å². The van der Waals surface area contributed by atoms with Gasteiger partial charge in [-0.3, -0.25) is 0 Å². The van der Waals surface area contributed by atoms with Crippen LogP contribution in [-0.4, -0.2) is 4.98 Å². The van der Waals surface area contributed by atoms with Crippen molar-refractivity contribution in [2.75, 3.05) is 0 Å². The molecule has 0 spiro atoms. The monoisotopic (exact) mass is 277 g/mol. The van der Waals surface area contributed by atoms with Crippen molar-refractivity contribution < 1.29 is 0 Å². The van der Waals surface area contributed by atoms with E-state index in [2.05, 4.69) is 66.8 Å². The van der Waals surface area contributed by atoms with Crippen molar-refractivity contribution in [3.05, 3.63) is 39.5 Å². The third kappa shape index (κ3) is 1.86. The molecule has 1 nitrogen and oxygen atoms in total. The SMILES string of the molecule is Cc1ccc2cc(C(C)C)c(Br)nc2c1C. The third-order valence-corrected chi connectivity index (χ3v) is 3.75. The van der Waals surface area contributed by atoms with Crippen molar-refractivity contribution in [1.29, 1.82) is 0 Å². The van der Waals surface area contributed by atoms with Gasteiger partial charge in [0, 0.05) is 5.39 Å². The highest BCUT2D eigenvalue weighted by atomic mass is 79.9. The minimum atomic E-state index is 0.493. The van der Waals surface area contributed by atoms with Crippen molar-refractivity contribution in [2.24, 2.45) is 0 Å². The molecule has 16 heavy (non-hydrogen) atoms. The largest absolute Gasteiger partial charge is 0.240 e. The second kappa shape index (κ2) is 4.17. The fourth-order valence-electron chi connectivity index (χ4n) is 1.88. The van der Waals surface area contributed by atoms with Gasteiger partial charge in [0.1, 0.15) is 4.60 Å². The highest BCUT2D eigenvalue weighted by Gasteiger charge is 2.09. The first-order valence-corrected chi connectivity index (χ1v) is 6.36. The molecular formula is C14H16BrN. The summed E-state index contributed by atoms with van der Waals surface area (Å²) < 4.78 is 0.976. The molecule has 0 saturated heterocycles. The Morgan fingerprint density at radius 3 is 2.50 bits per heavy atom. The second-order valence-corrected chi connectivity index (χ2v) is 5.35. The number of halogens is 1. The first-order chi connectivity index (χ1) is 7.50. The minimum Gasteiger partial charge on any atom is -0.240 e. The molecule has 2 rings (SSSR count). The molecule has 0 aliphatic rings. The summed E-state index contributed by atoms with van der Waals surface area (Å²) in [5.41, 5.74) is 4.95. The lowest BCUT2D eigenvalue weighted by Gasteiger charge is -2.11. The maximum atomic E-state index is 4.67. The van der Waals surface area contributed by atoms with Gasteiger partial charge < -0.3 is 0 Å². The lowest BCUT2D eigenvalue weighted by atomic mass is 10.0. The molecule has 0 aliphatic carbocycles. The van der Waals surface area contributed by atoms with E-state index >= 15 is 0 Å². The first kappa shape index (κ1) is 11.6. The van der Waals surface area contributed by atoms with Gasteiger partial charge in [0.15, 0.2) is 0 Å². The van der Waals surface area contributed by atoms with E-state index in [4.69, 9.17) is 0 Å². The van der Waals surface area contributed by atoms with Gasteiger partial charge >= 0.3 is 0 Å². The van der Waals surface area contributed by atoms with Crippen LogP contribution in [-0.2, 0) is 0 Å². The Labute approximate surface area is 105 Å². The van der Waals surface area contributed by atoms with Gasteiger partial charge in [0.2, 0.25) is 0 Å². The van der Waals surface area contributed by atoms with Gasteiger partial charge in [-0.15, -0.1) is 0 Å². The predicted molar refractivity (Wildman–Crippen MR) is 73.0 cm³/mol. The summed E-state index contributed by atoms with van der Waals surface area (Å²) in [5.74, 6) is 0.493. The number of hydrogen-bond donors (Lipinski definition) is 0. The van der Waals surface area contributed by atoms with Gasteiger partial charge in [-0.05, 0) is 58.5 Å². The third-order valence-electron chi connectivity index (χ3n) is 3.11. The van der Waals surface area contributed by atoms with Gasteiger partial charge in [0.25, 0.3) is 0 Å². The summed E-state index contributed by atoms with van der Waals surface area (Å²) in [6.45, 7) is 8.64. The topological polar surface area (TPSA) is 12.9 Å². The van der Waals surface area contributed by atoms with Gasteiger partial charge in [-0.2, -0.15) is 0 Å². The Hall–Kier alpha value is -0.890. The van der Waals surface area contributed by atoms with Crippen molar-refractivity contribution in [3.8, 4) is 0 Å². The maximum absolute atomic E-state index is 4.67. The van der Waals surface area contributed by atoms with E-state index in [1.807, 2.05) is 0 Å². The number of fused-ring (bicyclic) bond motifs is 1. The number of aryl methyl sites for hydroxylation is 2. The predicted octanol–water partition coefficient (Wildman–Crippen LogP) is 4.74. The highest BCUT2D eigenvalue weighted by Crippen LogP contribution is 2.29. The van der Waals surface area contributed by atoms with Crippen LogP contribution < -0.4 is 0 Å². The van der Waals surface area contributed by atoms with Gasteiger partial charge in [-0.1, -0.05) is 26.0 Å². The fourth-order valence-corrected chi connectivity index (χ4v) is 2.63. The molecule has 0 saturated carbocycles. The fraction of sp³-hybridized carbons (Fsp3) is 0.357. The lowest BCUT2D eigenvalue weighted by molar-refractivity contribution is 0.853. The number of hydrogen-bond acceptors (Lipinski definition) is 1. The zero-order valence-electron chi connectivity index (χ0n) is 10.1. The molecule has 1 aromatic carbocycles. The van der Waals surface area contributed by atoms with Crippen LogP contribution in [0, 0.1) is 13.8 Å². The van der Waals surface area contributed by atoms with E-state index in [0.29, 0.717) is 5.92 Å². The summed E-state index contributed by atoms with van der Waals surface area (Å²) >= 11 is 3.57. The molecule has 0 fully saturated rings. The zero-order valence-corrected chi connectivity index (χ0v) is 11.7. The van der Waals surface area contributed by atoms with Gasteiger partial charge in [-0.25, -0.2) is 4.98 Å². The Morgan fingerprint density at radius 2 is 1.88 bits per heavy atom.